The van der Waals surface area contributed by atoms with Crippen LogP contribution in [0.25, 0.3) is 0 Å². The van der Waals surface area contributed by atoms with Crippen molar-refractivity contribution < 1.29 is 33.2 Å². The van der Waals surface area contributed by atoms with Gasteiger partial charge < -0.3 is 35.3 Å². The Balaban J connectivity index is 1.29. The van der Waals surface area contributed by atoms with E-state index in [1.165, 1.54) is 7.11 Å². The first-order valence-corrected chi connectivity index (χ1v) is 17.0. The highest BCUT2D eigenvalue weighted by Crippen LogP contribution is 2.65. The number of carbonyl (C=O) groups is 4. The second-order valence-electron chi connectivity index (χ2n) is 14.5. The van der Waals surface area contributed by atoms with Crippen LogP contribution in [0.2, 0.25) is 0 Å². The van der Waals surface area contributed by atoms with Crippen molar-refractivity contribution in [1.82, 2.24) is 21.3 Å². The van der Waals surface area contributed by atoms with E-state index in [9.17, 15) is 19.2 Å². The molecule has 3 aliphatic carbocycles. The normalized spacial score (nSPS) is 25.5. The van der Waals surface area contributed by atoms with Crippen LogP contribution in [0, 0.1) is 23.2 Å². The molecule has 4 aliphatic rings. The first-order valence-electron chi connectivity index (χ1n) is 17.0. The molecule has 0 spiro atoms. The van der Waals surface area contributed by atoms with Crippen LogP contribution in [0.4, 0.5) is 4.79 Å². The maximum atomic E-state index is 14.0. The van der Waals surface area contributed by atoms with Crippen molar-refractivity contribution in [2.24, 2.45) is 23.2 Å². The lowest BCUT2D eigenvalue weighted by atomic mass is 9.43. The number of alkyl carbamates (subject to hydrolysis) is 1. The lowest BCUT2D eigenvalue weighted by Crippen LogP contribution is -2.65. The third kappa shape index (κ3) is 7.70. The number of amides is 4. The Morgan fingerprint density at radius 1 is 0.833 bits per heavy atom. The van der Waals surface area contributed by atoms with Crippen molar-refractivity contribution in [3.8, 4) is 0 Å². The molecule has 7 atom stereocenters. The number of ether oxygens (including phenoxy) is 1. The number of hydrogen-bond acceptors (Lipinski definition) is 7. The van der Waals surface area contributed by atoms with Crippen LogP contribution in [0.1, 0.15) is 58.6 Å². The van der Waals surface area contributed by atoms with Gasteiger partial charge in [-0.15, -0.1) is 0 Å². The van der Waals surface area contributed by atoms with Gasteiger partial charge in [0.1, 0.15) is 18.1 Å². The van der Waals surface area contributed by atoms with Crippen LogP contribution in [0.15, 0.2) is 60.7 Å². The predicted molar refractivity (Wildman–Crippen MR) is 181 cm³/mol. The van der Waals surface area contributed by atoms with Gasteiger partial charge in [0, 0.05) is 12.8 Å². The Kier molecular flexibility index (Phi) is 10.8. The highest BCUT2D eigenvalue weighted by Gasteiger charge is 2.67. The standard InChI is InChI=1S/C36H49BN4O7/c1-22(2)30(41-34(45)46-6)33(44)40-27(18-24-15-11-8-12-16-24)32(43)39-26(17-23-13-9-7-10-14-23)31(42)38-21-37-47-29-20-25-19-28(35(25,3)4)36(29,5)48-37/h7-16,22,25-30H,17-21H2,1-6H3,(H,38,42)(H,39,43)(H,40,44)(H,41,45)/t25-,26-,27?,28?,29+,30-,36-/m0/s1. The molecule has 2 aromatic rings. The molecule has 2 unspecified atom stereocenters. The number of nitrogens with one attached hydrogen (secondary N) is 4. The Morgan fingerprint density at radius 3 is 1.94 bits per heavy atom. The van der Waals surface area contributed by atoms with Gasteiger partial charge in [-0.05, 0) is 54.1 Å². The largest absolute Gasteiger partial charge is 0.478 e. The van der Waals surface area contributed by atoms with Gasteiger partial charge in [-0.3, -0.25) is 14.4 Å². The summed E-state index contributed by atoms with van der Waals surface area (Å²) in [5, 5.41) is 11.2. The van der Waals surface area contributed by atoms with E-state index in [-0.39, 0.29) is 42.6 Å². The summed E-state index contributed by atoms with van der Waals surface area (Å²) >= 11 is 0. The summed E-state index contributed by atoms with van der Waals surface area (Å²) in [6.45, 7) is 10.3. The summed E-state index contributed by atoms with van der Waals surface area (Å²) in [6, 6.07) is 15.8. The van der Waals surface area contributed by atoms with Crippen molar-refractivity contribution in [1.29, 1.82) is 0 Å². The van der Waals surface area contributed by atoms with E-state index in [0.29, 0.717) is 11.8 Å². The summed E-state index contributed by atoms with van der Waals surface area (Å²) in [6.07, 6.45) is 1.85. The molecule has 0 aromatic heterocycles. The van der Waals surface area contributed by atoms with Gasteiger partial charge in [0.15, 0.2) is 0 Å². The molecule has 1 saturated heterocycles. The minimum atomic E-state index is -1.04. The molecule has 12 heteroatoms. The minimum absolute atomic E-state index is 0.0123. The fourth-order valence-corrected chi connectivity index (χ4v) is 7.72. The van der Waals surface area contributed by atoms with Gasteiger partial charge >= 0.3 is 13.2 Å². The average molecular weight is 661 g/mol. The Morgan fingerprint density at radius 2 is 1.40 bits per heavy atom. The SMILES string of the molecule is COC(=O)N[C@H](C(=O)NC(Cc1ccccc1)C(=O)N[C@@H](Cc1ccccc1)C(=O)NCB1O[C@@H]2C[C@@H]3CC(C3(C)C)[C@]2(C)O1)C(C)C. The van der Waals surface area contributed by atoms with Crippen molar-refractivity contribution in [2.45, 2.75) is 90.1 Å². The van der Waals surface area contributed by atoms with Crippen LogP contribution in [-0.2, 0) is 41.3 Å². The first kappa shape index (κ1) is 35.4. The van der Waals surface area contributed by atoms with E-state index in [1.807, 2.05) is 60.7 Å². The molecule has 3 saturated carbocycles. The summed E-state index contributed by atoms with van der Waals surface area (Å²) < 4.78 is 17.5. The number of rotatable bonds is 13. The maximum Gasteiger partial charge on any atom is 0.478 e. The van der Waals surface area contributed by atoms with Crippen LogP contribution < -0.4 is 21.3 Å². The molecule has 1 heterocycles. The van der Waals surface area contributed by atoms with Crippen LogP contribution in [0.5, 0.6) is 0 Å². The van der Waals surface area contributed by atoms with Crippen LogP contribution in [-0.4, -0.2) is 74.3 Å². The smallest absolute Gasteiger partial charge is 0.453 e. The van der Waals surface area contributed by atoms with E-state index in [2.05, 4.69) is 42.0 Å². The third-order valence-electron chi connectivity index (χ3n) is 10.7. The average Bonchev–Trinajstić information content (AvgIpc) is 3.42. The lowest BCUT2D eigenvalue weighted by Gasteiger charge is -2.64. The van der Waals surface area contributed by atoms with Crippen LogP contribution >= 0.6 is 0 Å². The molecule has 4 N–H and O–H groups in total. The minimum Gasteiger partial charge on any atom is -0.453 e. The Labute approximate surface area is 283 Å². The zero-order valence-electron chi connectivity index (χ0n) is 28.8. The van der Waals surface area contributed by atoms with Crippen LogP contribution in [0.3, 0.4) is 0 Å². The molecular formula is C36H49BN4O7. The number of carbonyl (C=O) groups excluding carboxylic acids is 4. The molecular weight excluding hydrogens is 611 g/mol. The molecule has 48 heavy (non-hydrogen) atoms. The summed E-state index contributed by atoms with van der Waals surface area (Å²) in [5.41, 5.74) is 1.48. The molecule has 1 aliphatic heterocycles. The fourth-order valence-electron chi connectivity index (χ4n) is 7.72. The zero-order chi connectivity index (χ0) is 34.6. The van der Waals surface area contributed by atoms with E-state index in [0.717, 1.165) is 24.0 Å². The molecule has 4 amide bonds. The van der Waals surface area contributed by atoms with E-state index in [1.54, 1.807) is 13.8 Å². The fraction of sp³-hybridized carbons (Fsp3) is 0.556. The number of benzene rings is 2. The van der Waals surface area contributed by atoms with Gasteiger partial charge in [0.2, 0.25) is 17.7 Å². The molecule has 2 aromatic carbocycles. The topological polar surface area (TPSA) is 144 Å². The maximum absolute atomic E-state index is 14.0. The molecule has 4 fully saturated rings. The quantitative estimate of drug-likeness (QED) is 0.242. The molecule has 11 nitrogen and oxygen atoms in total. The van der Waals surface area contributed by atoms with Gasteiger partial charge in [0.05, 0.1) is 25.3 Å². The lowest BCUT2D eigenvalue weighted by molar-refractivity contribution is -0.199. The highest BCUT2D eigenvalue weighted by atomic mass is 16.7. The third-order valence-corrected chi connectivity index (χ3v) is 10.7. The second kappa shape index (κ2) is 14.7. The van der Waals surface area contributed by atoms with Gasteiger partial charge in [-0.25, -0.2) is 4.79 Å². The summed E-state index contributed by atoms with van der Waals surface area (Å²) in [4.78, 5) is 53.2. The summed E-state index contributed by atoms with van der Waals surface area (Å²) in [7, 11) is 0.628. The van der Waals surface area contributed by atoms with E-state index < -0.39 is 48.8 Å². The van der Waals surface area contributed by atoms with Gasteiger partial charge in [-0.2, -0.15) is 0 Å². The monoisotopic (exact) mass is 660 g/mol. The first-order chi connectivity index (χ1) is 22.8. The summed E-state index contributed by atoms with van der Waals surface area (Å²) in [5.74, 6) is -0.737. The predicted octanol–water partition coefficient (Wildman–Crippen LogP) is 3.21. The van der Waals surface area contributed by atoms with Crippen molar-refractivity contribution in [2.75, 3.05) is 13.6 Å². The van der Waals surface area contributed by atoms with Gasteiger partial charge in [0.25, 0.3) is 0 Å². The van der Waals surface area contributed by atoms with Crippen molar-refractivity contribution in [3.63, 3.8) is 0 Å². The van der Waals surface area contributed by atoms with E-state index in [4.69, 9.17) is 14.0 Å². The molecule has 258 valence electrons. The highest BCUT2D eigenvalue weighted by molar-refractivity contribution is 6.46. The van der Waals surface area contributed by atoms with Gasteiger partial charge in [-0.1, -0.05) is 88.4 Å². The molecule has 0 radical (unpaired) electrons. The van der Waals surface area contributed by atoms with Crippen molar-refractivity contribution in [3.05, 3.63) is 71.8 Å². The van der Waals surface area contributed by atoms with E-state index >= 15 is 0 Å². The number of methoxy groups -OCH3 is 1. The number of hydrogen-bond donors (Lipinski definition) is 4. The Bertz CT molecular complexity index is 1460. The Hall–Kier alpha value is -3.90. The molecule has 2 bridgehead atoms. The van der Waals surface area contributed by atoms with Crippen molar-refractivity contribution >= 4 is 30.9 Å². The zero-order valence-corrected chi connectivity index (χ0v) is 28.8. The second-order valence-corrected chi connectivity index (χ2v) is 14.5. The molecule has 6 rings (SSSR count).